The van der Waals surface area contributed by atoms with Gasteiger partial charge in [-0.2, -0.15) is 0 Å². The van der Waals surface area contributed by atoms with Crippen LogP contribution in [0.1, 0.15) is 19.8 Å². The highest BCUT2D eigenvalue weighted by Gasteiger charge is 2.32. The van der Waals surface area contributed by atoms with E-state index in [0.717, 1.165) is 29.8 Å². The highest BCUT2D eigenvalue weighted by Crippen LogP contribution is 2.28. The van der Waals surface area contributed by atoms with E-state index < -0.39 is 0 Å². The van der Waals surface area contributed by atoms with Crippen molar-refractivity contribution in [3.8, 4) is 0 Å². The first-order valence-electron chi connectivity index (χ1n) is 8.31. The Hall–Kier alpha value is -2.44. The van der Waals surface area contributed by atoms with E-state index in [0.29, 0.717) is 18.9 Å². The summed E-state index contributed by atoms with van der Waals surface area (Å²) in [4.78, 5) is 32.2. The molecule has 0 saturated carbocycles. The number of aromatic nitrogens is 3. The number of anilines is 1. The molecule has 1 aliphatic rings. The molecule has 1 saturated heterocycles. The summed E-state index contributed by atoms with van der Waals surface area (Å²) >= 11 is 0. The van der Waals surface area contributed by atoms with Gasteiger partial charge in [0.1, 0.15) is 17.8 Å². The first-order valence-corrected chi connectivity index (χ1v) is 8.31. The zero-order valence-electron chi connectivity index (χ0n) is 14.4. The van der Waals surface area contributed by atoms with Gasteiger partial charge >= 0.3 is 0 Å². The van der Waals surface area contributed by atoms with Gasteiger partial charge in [0.05, 0.1) is 17.8 Å². The summed E-state index contributed by atoms with van der Waals surface area (Å²) in [5, 5.41) is 1.01. The maximum Gasteiger partial charge on any atom is 0.228 e. The highest BCUT2D eigenvalue weighted by molar-refractivity contribution is 5.90. The number of likely N-dealkylation sites (N-methyl/N-ethyl adjacent to an activating group) is 1. The fourth-order valence-corrected chi connectivity index (χ4v) is 3.37. The van der Waals surface area contributed by atoms with Crippen LogP contribution >= 0.6 is 0 Å². The van der Waals surface area contributed by atoms with Crippen LogP contribution in [0.5, 0.6) is 0 Å². The number of carbonyl (C=O) groups excluding carboxylic acids is 1. The van der Waals surface area contributed by atoms with Crippen LogP contribution < -0.4 is 4.90 Å². The third-order valence-corrected chi connectivity index (χ3v) is 4.88. The monoisotopic (exact) mass is 328 g/mol. The van der Waals surface area contributed by atoms with Crippen LogP contribution in [0.3, 0.4) is 0 Å². The van der Waals surface area contributed by atoms with Crippen LogP contribution in [-0.4, -0.2) is 65.2 Å². The molecule has 0 aromatic carbocycles. The van der Waals surface area contributed by atoms with Crippen molar-refractivity contribution in [1.82, 2.24) is 19.9 Å². The van der Waals surface area contributed by atoms with Gasteiger partial charge < -0.3 is 19.8 Å². The van der Waals surface area contributed by atoms with Gasteiger partial charge in [0, 0.05) is 39.6 Å². The summed E-state index contributed by atoms with van der Waals surface area (Å²) in [5.41, 5.74) is 0.836. The van der Waals surface area contributed by atoms with Crippen LogP contribution in [-0.2, 0) is 4.79 Å². The van der Waals surface area contributed by atoms with E-state index >= 15 is 0 Å². The van der Waals surface area contributed by atoms with Gasteiger partial charge in [0.25, 0.3) is 0 Å². The number of likely N-dealkylation sites (tertiary alicyclic amines) is 1. The lowest BCUT2D eigenvalue weighted by atomic mass is 9.92. The molecule has 128 valence electrons. The average Bonchev–Trinajstić information content (AvgIpc) is 3.08. The third-order valence-electron chi connectivity index (χ3n) is 4.88. The number of hydrogen-bond donors (Lipinski definition) is 1. The van der Waals surface area contributed by atoms with Crippen LogP contribution in [0, 0.1) is 5.92 Å². The van der Waals surface area contributed by atoms with Crippen molar-refractivity contribution in [3.63, 3.8) is 0 Å². The van der Waals surface area contributed by atoms with Crippen molar-refractivity contribution in [1.29, 1.82) is 0 Å². The Bertz CT molecular complexity index is 740. The van der Waals surface area contributed by atoms with E-state index in [2.05, 4.69) is 38.8 Å². The maximum absolute atomic E-state index is 12.3. The number of aliphatic imine (C=N–C) groups is 1. The number of carbonyl (C=O) groups is 1. The third kappa shape index (κ3) is 3.11. The van der Waals surface area contributed by atoms with Crippen molar-refractivity contribution in [2.24, 2.45) is 10.9 Å². The van der Waals surface area contributed by atoms with E-state index in [4.69, 9.17) is 0 Å². The predicted octanol–water partition coefficient (Wildman–Crippen LogP) is 1.72. The molecule has 0 unspecified atom stereocenters. The average molecular weight is 328 g/mol. The first-order chi connectivity index (χ1) is 11.6. The first kappa shape index (κ1) is 16.4. The molecule has 24 heavy (non-hydrogen) atoms. The van der Waals surface area contributed by atoms with Gasteiger partial charge in [-0.1, -0.05) is 6.92 Å². The molecule has 3 rings (SSSR count). The van der Waals surface area contributed by atoms with Crippen molar-refractivity contribution < 1.29 is 4.79 Å². The molecule has 0 spiro atoms. The summed E-state index contributed by atoms with van der Waals surface area (Å²) in [5.74, 6) is 1.53. The van der Waals surface area contributed by atoms with E-state index in [9.17, 15) is 4.79 Å². The van der Waals surface area contributed by atoms with Crippen molar-refractivity contribution in [3.05, 3.63) is 18.6 Å². The summed E-state index contributed by atoms with van der Waals surface area (Å²) in [6.45, 7) is 3.77. The molecule has 1 N–H and O–H groups in total. The summed E-state index contributed by atoms with van der Waals surface area (Å²) in [6.07, 6.45) is 6.49. The lowest BCUT2D eigenvalue weighted by molar-refractivity contribution is -0.131. The number of piperidine rings is 1. The standard InChI is InChI=1S/C17H24N6O/c1-12-6-9-23(15(24)5-7-18-2)10-14(12)22(3)17-13-4-8-19-16(13)20-11-21-17/h4,7-8,11-12,14H,5-6,9-10H2,1-3H3,(H,19,20,21)/b18-7+/t12-,14+/m1/s1. The van der Waals surface area contributed by atoms with Crippen molar-refractivity contribution in [2.75, 3.05) is 32.1 Å². The fraction of sp³-hybridized carbons (Fsp3) is 0.529. The van der Waals surface area contributed by atoms with Gasteiger partial charge in [0.15, 0.2) is 0 Å². The van der Waals surface area contributed by atoms with Gasteiger partial charge in [-0.15, -0.1) is 0 Å². The maximum atomic E-state index is 12.3. The minimum Gasteiger partial charge on any atom is -0.354 e. The molecule has 0 bridgehead atoms. The van der Waals surface area contributed by atoms with Gasteiger partial charge in [-0.05, 0) is 18.4 Å². The summed E-state index contributed by atoms with van der Waals surface area (Å²) in [6, 6.07) is 2.23. The van der Waals surface area contributed by atoms with Crippen LogP contribution in [0.15, 0.2) is 23.6 Å². The van der Waals surface area contributed by atoms with E-state index in [1.807, 2.05) is 17.2 Å². The molecular weight excluding hydrogens is 304 g/mol. The molecule has 1 amide bonds. The number of fused-ring (bicyclic) bond motifs is 1. The molecule has 3 heterocycles. The largest absolute Gasteiger partial charge is 0.354 e. The Morgan fingerprint density at radius 3 is 3.17 bits per heavy atom. The van der Waals surface area contributed by atoms with Gasteiger partial charge in [0.2, 0.25) is 5.91 Å². The number of rotatable bonds is 4. The van der Waals surface area contributed by atoms with Crippen LogP contribution in [0.2, 0.25) is 0 Å². The topological polar surface area (TPSA) is 77.5 Å². The number of hydrogen-bond acceptors (Lipinski definition) is 5. The number of nitrogens with one attached hydrogen (secondary N) is 1. The molecule has 1 aliphatic heterocycles. The lowest BCUT2D eigenvalue weighted by Gasteiger charge is -2.42. The molecule has 2 aromatic rings. The van der Waals surface area contributed by atoms with E-state index in [-0.39, 0.29) is 11.9 Å². The molecule has 2 atom stereocenters. The van der Waals surface area contributed by atoms with E-state index in [1.165, 1.54) is 0 Å². The van der Waals surface area contributed by atoms with Crippen LogP contribution in [0.4, 0.5) is 5.82 Å². The number of nitrogens with zero attached hydrogens (tertiary/aromatic N) is 5. The Labute approximate surface area is 141 Å². The second-order valence-corrected chi connectivity index (χ2v) is 6.37. The molecule has 0 radical (unpaired) electrons. The van der Waals surface area contributed by atoms with Crippen molar-refractivity contribution >= 4 is 29.0 Å². The quantitative estimate of drug-likeness (QED) is 0.867. The van der Waals surface area contributed by atoms with Gasteiger partial charge in [-0.3, -0.25) is 4.79 Å². The number of amides is 1. The zero-order valence-corrected chi connectivity index (χ0v) is 14.4. The fourth-order valence-electron chi connectivity index (χ4n) is 3.37. The predicted molar refractivity (Wildman–Crippen MR) is 95.5 cm³/mol. The van der Waals surface area contributed by atoms with E-state index in [1.54, 1.807) is 19.6 Å². The van der Waals surface area contributed by atoms with Crippen molar-refractivity contribution in [2.45, 2.75) is 25.8 Å². The Kier molecular flexibility index (Phi) is 4.78. The van der Waals surface area contributed by atoms with Gasteiger partial charge in [-0.25, -0.2) is 9.97 Å². The second-order valence-electron chi connectivity index (χ2n) is 6.37. The normalized spacial score (nSPS) is 21.5. The SMILES string of the molecule is C/N=C/CC(=O)N1CC[C@@H](C)[C@@H](N(C)c2ncnc3[nH]ccc23)C1. The molecule has 1 fully saturated rings. The Balaban J connectivity index is 1.81. The van der Waals surface area contributed by atoms with Crippen LogP contribution in [0.25, 0.3) is 11.0 Å². The smallest absolute Gasteiger partial charge is 0.228 e. The summed E-state index contributed by atoms with van der Waals surface area (Å²) in [7, 11) is 3.75. The molecule has 7 nitrogen and oxygen atoms in total. The minimum absolute atomic E-state index is 0.139. The Morgan fingerprint density at radius 1 is 1.54 bits per heavy atom. The Morgan fingerprint density at radius 2 is 2.38 bits per heavy atom. The lowest BCUT2D eigenvalue weighted by Crippen LogP contribution is -2.52. The molecule has 2 aromatic heterocycles. The molecular formula is C17H24N6O. The minimum atomic E-state index is 0.139. The number of aromatic amines is 1. The summed E-state index contributed by atoms with van der Waals surface area (Å²) < 4.78 is 0. The number of H-pyrrole nitrogens is 1. The zero-order chi connectivity index (χ0) is 17.1. The molecule has 7 heteroatoms. The second kappa shape index (κ2) is 6.98. The molecule has 0 aliphatic carbocycles. The highest BCUT2D eigenvalue weighted by atomic mass is 16.2.